The van der Waals surface area contributed by atoms with Crippen LogP contribution in [-0.2, 0) is 22.9 Å². The van der Waals surface area contributed by atoms with Crippen molar-refractivity contribution in [3.8, 4) is 11.9 Å². The number of nitriles is 1. The minimum absolute atomic E-state index is 0.00539. The summed E-state index contributed by atoms with van der Waals surface area (Å²) in [5.41, 5.74) is 5.39. The Balaban J connectivity index is 1.48. The van der Waals surface area contributed by atoms with Gasteiger partial charge in [-0.15, -0.1) is 0 Å². The van der Waals surface area contributed by atoms with E-state index in [1.165, 1.54) is 6.33 Å². The predicted molar refractivity (Wildman–Crippen MR) is 110 cm³/mol. The molecule has 2 aromatic heterocycles. The maximum Gasteiger partial charge on any atom is 0.475 e. The summed E-state index contributed by atoms with van der Waals surface area (Å²) < 4.78 is 43.5. The Morgan fingerprint density at radius 1 is 1.41 bits per heavy atom. The van der Waals surface area contributed by atoms with Gasteiger partial charge in [0.05, 0.1) is 31.7 Å². The SMILES string of the molecule is CCOc1nc(N)nc2c1ncn2[C@@H]1OC2COP(=O)(OC3CCCC3)O[C@H]2[C@@]1(C)C#N. The summed E-state index contributed by atoms with van der Waals surface area (Å²) in [4.78, 5) is 12.7. The fourth-order valence-electron chi connectivity index (χ4n) is 4.56. The lowest BCUT2D eigenvalue weighted by atomic mass is 9.84. The Morgan fingerprint density at radius 3 is 2.91 bits per heavy atom. The predicted octanol–water partition coefficient (Wildman–Crippen LogP) is 2.72. The van der Waals surface area contributed by atoms with Crippen LogP contribution < -0.4 is 10.5 Å². The van der Waals surface area contributed by atoms with E-state index in [1.807, 2.05) is 6.92 Å². The van der Waals surface area contributed by atoms with Crippen molar-refractivity contribution in [1.82, 2.24) is 19.5 Å². The highest BCUT2D eigenvalue weighted by atomic mass is 31.2. The molecule has 2 unspecified atom stereocenters. The molecule has 3 fully saturated rings. The lowest BCUT2D eigenvalue weighted by molar-refractivity contribution is -0.0745. The van der Waals surface area contributed by atoms with Crippen LogP contribution in [0.2, 0.25) is 0 Å². The summed E-state index contributed by atoms with van der Waals surface area (Å²) in [6.45, 7) is 3.87. The van der Waals surface area contributed by atoms with Gasteiger partial charge >= 0.3 is 7.82 Å². The number of nitrogen functional groups attached to an aromatic ring is 1. The molecular weight excluding hydrogens is 439 g/mol. The number of nitrogens with two attached hydrogens (primary N) is 1. The van der Waals surface area contributed by atoms with Crippen molar-refractivity contribution in [3.63, 3.8) is 0 Å². The standard InChI is InChI=1S/C19H25N6O6P/c1-3-27-16-13-15(23-18(21)24-16)25(10-22-13)17-19(2,9-20)14-12(29-17)8-28-32(26,31-14)30-11-6-4-5-7-11/h10-12,14,17H,3-8H2,1-2H3,(H2,21,23,24)/t12?,14-,17-,19-,32?/m1/s1. The molecule has 4 heterocycles. The third kappa shape index (κ3) is 3.45. The first-order chi connectivity index (χ1) is 15.4. The monoisotopic (exact) mass is 464 g/mol. The Hall–Kier alpha value is -2.29. The van der Waals surface area contributed by atoms with Gasteiger partial charge in [-0.1, -0.05) is 12.8 Å². The summed E-state index contributed by atoms with van der Waals surface area (Å²) >= 11 is 0. The number of phosphoric ester groups is 1. The van der Waals surface area contributed by atoms with Gasteiger partial charge in [-0.05, 0) is 26.7 Å². The summed E-state index contributed by atoms with van der Waals surface area (Å²) in [5.74, 6) is 0.252. The zero-order valence-corrected chi connectivity index (χ0v) is 18.7. The van der Waals surface area contributed by atoms with E-state index in [2.05, 4.69) is 21.0 Å². The molecule has 0 spiro atoms. The summed E-state index contributed by atoms with van der Waals surface area (Å²) in [7, 11) is -3.82. The topological polar surface area (TPSA) is 157 Å². The normalized spacial score (nSPS) is 35.1. The second kappa shape index (κ2) is 7.93. The molecule has 2 N–H and O–H groups in total. The van der Waals surface area contributed by atoms with Gasteiger partial charge < -0.3 is 15.2 Å². The van der Waals surface area contributed by atoms with Crippen LogP contribution in [0.25, 0.3) is 11.2 Å². The molecule has 2 aliphatic heterocycles. The highest BCUT2D eigenvalue weighted by Gasteiger charge is 2.61. The van der Waals surface area contributed by atoms with Gasteiger partial charge in [0, 0.05) is 0 Å². The highest BCUT2D eigenvalue weighted by Crippen LogP contribution is 2.62. The molecule has 32 heavy (non-hydrogen) atoms. The maximum absolute atomic E-state index is 13.2. The van der Waals surface area contributed by atoms with Gasteiger partial charge in [0.15, 0.2) is 17.4 Å². The van der Waals surface area contributed by atoms with E-state index in [0.717, 1.165) is 25.7 Å². The molecule has 2 aromatic rings. The molecule has 12 nitrogen and oxygen atoms in total. The summed E-state index contributed by atoms with van der Waals surface area (Å²) in [6, 6.07) is 2.29. The van der Waals surface area contributed by atoms with Crippen LogP contribution in [0.5, 0.6) is 5.88 Å². The third-order valence-electron chi connectivity index (χ3n) is 6.15. The van der Waals surface area contributed by atoms with Gasteiger partial charge in [0.25, 0.3) is 0 Å². The molecule has 2 saturated heterocycles. The van der Waals surface area contributed by atoms with Crippen LogP contribution in [-0.4, -0.2) is 51.0 Å². The second-order valence-corrected chi connectivity index (χ2v) is 9.92. The molecule has 1 saturated carbocycles. The van der Waals surface area contributed by atoms with E-state index in [4.69, 9.17) is 28.8 Å². The average molecular weight is 464 g/mol. The fourth-order valence-corrected chi connectivity index (χ4v) is 6.27. The molecule has 0 bridgehead atoms. The van der Waals surface area contributed by atoms with Crippen LogP contribution in [0, 0.1) is 16.7 Å². The molecular formula is C19H25N6O6P. The Bertz CT molecular complexity index is 1110. The van der Waals surface area contributed by atoms with Crippen molar-refractivity contribution in [2.75, 3.05) is 18.9 Å². The molecule has 0 amide bonds. The van der Waals surface area contributed by atoms with E-state index in [9.17, 15) is 9.83 Å². The number of hydrogen-bond donors (Lipinski definition) is 1. The maximum atomic E-state index is 13.2. The van der Waals surface area contributed by atoms with Crippen molar-refractivity contribution in [2.24, 2.45) is 5.41 Å². The van der Waals surface area contributed by atoms with Gasteiger partial charge in [0.2, 0.25) is 11.8 Å². The number of phosphoric acid groups is 1. The first-order valence-electron chi connectivity index (χ1n) is 10.7. The number of hydrogen-bond acceptors (Lipinski definition) is 11. The Morgan fingerprint density at radius 2 is 2.19 bits per heavy atom. The van der Waals surface area contributed by atoms with Crippen molar-refractivity contribution < 1.29 is 27.6 Å². The van der Waals surface area contributed by atoms with Crippen molar-refractivity contribution >= 4 is 24.9 Å². The molecule has 1 aliphatic carbocycles. The third-order valence-corrected chi connectivity index (χ3v) is 7.65. The van der Waals surface area contributed by atoms with E-state index >= 15 is 0 Å². The van der Waals surface area contributed by atoms with E-state index in [-0.39, 0.29) is 24.5 Å². The van der Waals surface area contributed by atoms with E-state index in [0.29, 0.717) is 17.8 Å². The van der Waals surface area contributed by atoms with E-state index < -0.39 is 31.7 Å². The van der Waals surface area contributed by atoms with Gasteiger partial charge in [-0.2, -0.15) is 15.2 Å². The minimum atomic E-state index is -3.82. The van der Waals surface area contributed by atoms with Crippen LogP contribution in [0.15, 0.2) is 6.33 Å². The molecule has 0 radical (unpaired) electrons. The minimum Gasteiger partial charge on any atom is -0.476 e. The molecule has 5 atom stereocenters. The van der Waals surface area contributed by atoms with Crippen LogP contribution in [0.4, 0.5) is 5.95 Å². The number of imidazole rings is 1. The zero-order valence-electron chi connectivity index (χ0n) is 17.8. The number of aromatic nitrogens is 4. The number of ether oxygens (including phenoxy) is 2. The largest absolute Gasteiger partial charge is 0.476 e. The van der Waals surface area contributed by atoms with Crippen molar-refractivity contribution in [2.45, 2.75) is 64.1 Å². The summed E-state index contributed by atoms with van der Waals surface area (Å²) in [6.07, 6.45) is 2.67. The lowest BCUT2D eigenvalue weighted by Gasteiger charge is -2.35. The van der Waals surface area contributed by atoms with Crippen LogP contribution in [0.1, 0.15) is 45.8 Å². The number of rotatable bonds is 5. The number of fused-ring (bicyclic) bond motifs is 2. The highest BCUT2D eigenvalue weighted by molar-refractivity contribution is 7.48. The molecule has 5 rings (SSSR count). The zero-order chi connectivity index (χ0) is 22.5. The quantitative estimate of drug-likeness (QED) is 0.649. The first kappa shape index (κ1) is 21.6. The van der Waals surface area contributed by atoms with Gasteiger partial charge in [0.1, 0.15) is 17.6 Å². The first-order valence-corrected chi connectivity index (χ1v) is 12.1. The summed E-state index contributed by atoms with van der Waals surface area (Å²) in [5, 5.41) is 10.2. The smallest absolute Gasteiger partial charge is 0.475 e. The Labute approximate surface area is 184 Å². The second-order valence-electron chi connectivity index (χ2n) is 8.35. The molecule has 172 valence electrons. The number of nitrogens with zero attached hydrogens (tertiary/aromatic N) is 5. The Kier molecular flexibility index (Phi) is 5.34. The molecule has 0 aromatic carbocycles. The van der Waals surface area contributed by atoms with Gasteiger partial charge in [-0.3, -0.25) is 18.1 Å². The van der Waals surface area contributed by atoms with E-state index in [1.54, 1.807) is 11.5 Å². The van der Waals surface area contributed by atoms with Crippen LogP contribution in [0.3, 0.4) is 0 Å². The van der Waals surface area contributed by atoms with Gasteiger partial charge in [-0.25, -0.2) is 9.55 Å². The van der Waals surface area contributed by atoms with Crippen LogP contribution >= 0.6 is 7.82 Å². The lowest BCUT2D eigenvalue weighted by Crippen LogP contribution is -2.42. The number of anilines is 1. The fraction of sp³-hybridized carbons (Fsp3) is 0.684. The van der Waals surface area contributed by atoms with Crippen molar-refractivity contribution in [1.29, 1.82) is 5.26 Å². The average Bonchev–Trinajstić information content (AvgIpc) is 3.47. The molecule has 3 aliphatic rings. The van der Waals surface area contributed by atoms with Crippen molar-refractivity contribution in [3.05, 3.63) is 6.33 Å². The molecule has 13 heteroatoms.